The van der Waals surface area contributed by atoms with E-state index in [1.807, 2.05) is 31.2 Å². The average molecular weight is 384 g/mol. The zero-order valence-electron chi connectivity index (χ0n) is 15.5. The quantitative estimate of drug-likeness (QED) is 0.878. The SMILES string of the molecule is Cc1ccccc1CC(=O)N1CCN(C(=O)c2ccc(C(=O)O)cc2F)CC1. The molecule has 2 aromatic carbocycles. The van der Waals surface area contributed by atoms with Gasteiger partial charge in [0.05, 0.1) is 17.5 Å². The van der Waals surface area contributed by atoms with Gasteiger partial charge in [0.15, 0.2) is 0 Å². The molecule has 0 aromatic heterocycles. The Labute approximate surface area is 162 Å². The number of carboxylic acids is 1. The molecule has 0 unspecified atom stereocenters. The lowest BCUT2D eigenvalue weighted by Crippen LogP contribution is -2.51. The van der Waals surface area contributed by atoms with Gasteiger partial charge in [-0.15, -0.1) is 0 Å². The first kappa shape index (κ1) is 19.5. The molecule has 0 aliphatic carbocycles. The van der Waals surface area contributed by atoms with Crippen LogP contribution in [0.2, 0.25) is 0 Å². The van der Waals surface area contributed by atoms with Gasteiger partial charge in [0.2, 0.25) is 5.91 Å². The summed E-state index contributed by atoms with van der Waals surface area (Å²) in [7, 11) is 0. The van der Waals surface area contributed by atoms with E-state index in [-0.39, 0.29) is 17.0 Å². The third kappa shape index (κ3) is 4.19. The lowest BCUT2D eigenvalue weighted by Gasteiger charge is -2.35. The predicted octanol–water partition coefficient (Wildman–Crippen LogP) is 2.36. The van der Waals surface area contributed by atoms with Crippen LogP contribution in [-0.4, -0.2) is 58.9 Å². The fraction of sp³-hybridized carbons (Fsp3) is 0.286. The Bertz CT molecular complexity index is 920. The Morgan fingerprint density at radius 2 is 1.64 bits per heavy atom. The van der Waals surface area contributed by atoms with E-state index in [9.17, 15) is 18.8 Å². The molecule has 1 fully saturated rings. The highest BCUT2D eigenvalue weighted by atomic mass is 19.1. The van der Waals surface area contributed by atoms with Gasteiger partial charge in [0, 0.05) is 26.2 Å². The summed E-state index contributed by atoms with van der Waals surface area (Å²) in [6, 6.07) is 11.0. The lowest BCUT2D eigenvalue weighted by molar-refractivity contribution is -0.131. The van der Waals surface area contributed by atoms with E-state index in [1.54, 1.807) is 4.90 Å². The van der Waals surface area contributed by atoms with Gasteiger partial charge in [-0.05, 0) is 36.2 Å². The van der Waals surface area contributed by atoms with Crippen molar-refractivity contribution >= 4 is 17.8 Å². The van der Waals surface area contributed by atoms with E-state index in [0.29, 0.717) is 32.6 Å². The molecule has 1 aliphatic rings. The summed E-state index contributed by atoms with van der Waals surface area (Å²) in [4.78, 5) is 39.2. The standard InChI is InChI=1S/C21H21FN2O4/c1-14-4-2-3-5-15(14)13-19(25)23-8-10-24(11-9-23)20(26)17-7-6-16(21(27)28)12-18(17)22/h2-7,12H,8-11,13H2,1H3,(H,27,28). The number of benzene rings is 2. The number of carboxylic acid groups (broad SMARTS) is 1. The Hall–Kier alpha value is -3.22. The first-order valence-electron chi connectivity index (χ1n) is 9.01. The van der Waals surface area contributed by atoms with Gasteiger partial charge in [0.1, 0.15) is 5.82 Å². The van der Waals surface area contributed by atoms with Crippen molar-refractivity contribution in [3.63, 3.8) is 0 Å². The van der Waals surface area contributed by atoms with Crippen molar-refractivity contribution < 1.29 is 23.9 Å². The third-order valence-electron chi connectivity index (χ3n) is 4.97. The highest BCUT2D eigenvalue weighted by Crippen LogP contribution is 2.16. The van der Waals surface area contributed by atoms with E-state index in [1.165, 1.54) is 17.0 Å². The maximum atomic E-state index is 14.1. The van der Waals surface area contributed by atoms with Crippen molar-refractivity contribution in [3.05, 3.63) is 70.5 Å². The molecule has 6 nitrogen and oxygen atoms in total. The Morgan fingerprint density at radius 3 is 2.25 bits per heavy atom. The number of piperazine rings is 1. The second-order valence-corrected chi connectivity index (χ2v) is 6.78. The zero-order valence-corrected chi connectivity index (χ0v) is 15.5. The smallest absolute Gasteiger partial charge is 0.335 e. The number of aromatic carboxylic acids is 1. The molecule has 3 rings (SSSR count). The molecule has 0 atom stereocenters. The van der Waals surface area contributed by atoms with Crippen molar-refractivity contribution in [1.82, 2.24) is 9.80 Å². The van der Waals surface area contributed by atoms with E-state index in [2.05, 4.69) is 0 Å². The summed E-state index contributed by atoms with van der Waals surface area (Å²) >= 11 is 0. The minimum atomic E-state index is -1.25. The number of halogens is 1. The molecule has 1 saturated heterocycles. The van der Waals surface area contributed by atoms with Crippen LogP contribution in [0.15, 0.2) is 42.5 Å². The van der Waals surface area contributed by atoms with Crippen LogP contribution in [0.1, 0.15) is 31.8 Å². The summed E-state index contributed by atoms with van der Waals surface area (Å²) in [5, 5.41) is 8.89. The summed E-state index contributed by atoms with van der Waals surface area (Å²) in [5.74, 6) is -2.61. The van der Waals surface area contributed by atoms with Crippen molar-refractivity contribution in [2.24, 2.45) is 0 Å². The van der Waals surface area contributed by atoms with Crippen LogP contribution in [0, 0.1) is 12.7 Å². The molecule has 1 aliphatic heterocycles. The number of carbonyl (C=O) groups is 3. The van der Waals surface area contributed by atoms with Gasteiger partial charge >= 0.3 is 5.97 Å². The zero-order chi connectivity index (χ0) is 20.3. The van der Waals surface area contributed by atoms with Crippen LogP contribution < -0.4 is 0 Å². The molecule has 2 amide bonds. The molecule has 0 radical (unpaired) electrons. The fourth-order valence-corrected chi connectivity index (χ4v) is 3.23. The molecule has 0 saturated carbocycles. The average Bonchev–Trinajstić information content (AvgIpc) is 2.69. The summed E-state index contributed by atoms with van der Waals surface area (Å²) in [5.41, 5.74) is 1.67. The minimum absolute atomic E-state index is 0.00149. The van der Waals surface area contributed by atoms with Crippen molar-refractivity contribution in [2.45, 2.75) is 13.3 Å². The third-order valence-corrected chi connectivity index (χ3v) is 4.97. The Balaban J connectivity index is 1.60. The maximum Gasteiger partial charge on any atom is 0.335 e. The topological polar surface area (TPSA) is 77.9 Å². The van der Waals surface area contributed by atoms with Crippen LogP contribution in [0.5, 0.6) is 0 Å². The minimum Gasteiger partial charge on any atom is -0.478 e. The Morgan fingerprint density at radius 1 is 1.00 bits per heavy atom. The van der Waals surface area contributed by atoms with E-state index >= 15 is 0 Å². The van der Waals surface area contributed by atoms with Crippen LogP contribution in [0.4, 0.5) is 4.39 Å². The largest absolute Gasteiger partial charge is 0.478 e. The summed E-state index contributed by atoms with van der Waals surface area (Å²) in [6.45, 7) is 3.33. The molecule has 146 valence electrons. The molecule has 0 bridgehead atoms. The highest BCUT2D eigenvalue weighted by molar-refractivity contribution is 5.96. The van der Waals surface area contributed by atoms with Gasteiger partial charge in [-0.3, -0.25) is 9.59 Å². The molecule has 28 heavy (non-hydrogen) atoms. The molecular formula is C21H21FN2O4. The molecule has 7 heteroatoms. The van der Waals surface area contributed by atoms with Gasteiger partial charge < -0.3 is 14.9 Å². The number of aryl methyl sites for hydroxylation is 1. The van der Waals surface area contributed by atoms with E-state index in [4.69, 9.17) is 5.11 Å². The van der Waals surface area contributed by atoms with Gasteiger partial charge in [0.25, 0.3) is 5.91 Å². The van der Waals surface area contributed by atoms with Crippen LogP contribution >= 0.6 is 0 Å². The van der Waals surface area contributed by atoms with Crippen LogP contribution in [0.3, 0.4) is 0 Å². The first-order valence-corrected chi connectivity index (χ1v) is 9.01. The highest BCUT2D eigenvalue weighted by Gasteiger charge is 2.26. The van der Waals surface area contributed by atoms with Gasteiger partial charge in [-0.1, -0.05) is 24.3 Å². The monoisotopic (exact) mass is 384 g/mol. The summed E-state index contributed by atoms with van der Waals surface area (Å²) in [6.07, 6.45) is 0.311. The normalized spacial score (nSPS) is 14.1. The number of amides is 2. The summed E-state index contributed by atoms with van der Waals surface area (Å²) < 4.78 is 14.1. The van der Waals surface area contributed by atoms with E-state index in [0.717, 1.165) is 17.2 Å². The van der Waals surface area contributed by atoms with Crippen molar-refractivity contribution in [1.29, 1.82) is 0 Å². The predicted molar refractivity (Wildman–Crippen MR) is 101 cm³/mol. The fourth-order valence-electron chi connectivity index (χ4n) is 3.23. The number of rotatable bonds is 4. The first-order chi connectivity index (χ1) is 13.4. The molecule has 1 heterocycles. The number of nitrogens with zero attached hydrogens (tertiary/aromatic N) is 2. The molecule has 1 N–H and O–H groups in total. The molecule has 2 aromatic rings. The Kier molecular flexibility index (Phi) is 5.73. The van der Waals surface area contributed by atoms with Gasteiger partial charge in [-0.2, -0.15) is 0 Å². The maximum absolute atomic E-state index is 14.1. The van der Waals surface area contributed by atoms with Crippen LogP contribution in [0.25, 0.3) is 0 Å². The van der Waals surface area contributed by atoms with Crippen molar-refractivity contribution in [3.8, 4) is 0 Å². The van der Waals surface area contributed by atoms with Crippen LogP contribution in [-0.2, 0) is 11.2 Å². The molecule has 0 spiro atoms. The number of carbonyl (C=O) groups excluding carboxylic acids is 2. The van der Waals surface area contributed by atoms with E-state index < -0.39 is 17.7 Å². The second kappa shape index (κ2) is 8.21. The van der Waals surface area contributed by atoms with Crippen molar-refractivity contribution in [2.75, 3.05) is 26.2 Å². The number of hydrogen-bond acceptors (Lipinski definition) is 3. The van der Waals surface area contributed by atoms with Gasteiger partial charge in [-0.25, -0.2) is 9.18 Å². The molecular weight excluding hydrogens is 363 g/mol. The number of hydrogen-bond donors (Lipinski definition) is 1. The lowest BCUT2D eigenvalue weighted by atomic mass is 10.0. The second-order valence-electron chi connectivity index (χ2n) is 6.78.